The molecule has 1 aromatic heterocycles. The Bertz CT molecular complexity index is 578. The lowest BCUT2D eigenvalue weighted by atomic mass is 10.1. The van der Waals surface area contributed by atoms with E-state index in [4.69, 9.17) is 11.6 Å². The molecule has 19 heavy (non-hydrogen) atoms. The Hall–Kier alpha value is -1.61. The molecule has 2 aromatic rings. The monoisotopic (exact) mass is 276 g/mol. The van der Waals surface area contributed by atoms with Crippen LogP contribution in [0.3, 0.4) is 0 Å². The zero-order valence-corrected chi connectivity index (χ0v) is 11.8. The van der Waals surface area contributed by atoms with Gasteiger partial charge >= 0.3 is 0 Å². The molecule has 1 amide bonds. The zero-order chi connectivity index (χ0) is 13.8. The maximum atomic E-state index is 12.3. The number of benzene rings is 1. The Balaban J connectivity index is 2.22. The van der Waals surface area contributed by atoms with Crippen molar-refractivity contribution in [1.29, 1.82) is 0 Å². The zero-order valence-electron chi connectivity index (χ0n) is 11.1. The lowest BCUT2D eigenvalue weighted by molar-refractivity contribution is 0.0940. The summed E-state index contributed by atoms with van der Waals surface area (Å²) in [6.45, 7) is 3.87. The second-order valence-corrected chi connectivity index (χ2v) is 5.52. The van der Waals surface area contributed by atoms with E-state index in [-0.39, 0.29) is 17.3 Å². The highest BCUT2D eigenvalue weighted by atomic mass is 35.5. The average Bonchev–Trinajstić information content (AvgIpc) is 2.36. The number of hydrogen-bond acceptors (Lipinski definition) is 2. The molecule has 0 saturated heterocycles. The number of pyridine rings is 1. The molecule has 0 fully saturated rings. The van der Waals surface area contributed by atoms with Crippen molar-refractivity contribution >= 4 is 28.4 Å². The normalized spacial score (nSPS) is 14.1. The van der Waals surface area contributed by atoms with E-state index in [1.165, 1.54) is 0 Å². The summed E-state index contributed by atoms with van der Waals surface area (Å²) in [5.41, 5.74) is 1.33. The van der Waals surface area contributed by atoms with E-state index in [9.17, 15) is 4.79 Å². The molecular formula is C15H17ClN2O. The molecule has 3 nitrogen and oxygen atoms in total. The highest BCUT2D eigenvalue weighted by molar-refractivity contribution is 6.20. The number of nitrogens with zero attached hydrogens (tertiary/aromatic N) is 1. The first-order valence-electron chi connectivity index (χ1n) is 6.36. The smallest absolute Gasteiger partial charge is 0.253 e. The molecule has 2 rings (SSSR count). The Morgan fingerprint density at radius 1 is 1.32 bits per heavy atom. The molecule has 4 heteroatoms. The third-order valence-corrected chi connectivity index (χ3v) is 3.11. The Kier molecular flexibility index (Phi) is 4.38. The summed E-state index contributed by atoms with van der Waals surface area (Å²) in [7, 11) is 0. The van der Waals surface area contributed by atoms with Gasteiger partial charge in [-0.2, -0.15) is 0 Å². The largest absolute Gasteiger partial charge is 0.349 e. The summed E-state index contributed by atoms with van der Waals surface area (Å²) in [4.78, 5) is 16.5. The molecule has 1 heterocycles. The van der Waals surface area contributed by atoms with Gasteiger partial charge in [0, 0.05) is 23.0 Å². The van der Waals surface area contributed by atoms with Crippen LogP contribution in [0.25, 0.3) is 10.9 Å². The molecule has 0 bridgehead atoms. The van der Waals surface area contributed by atoms with Crippen LogP contribution in [0, 0.1) is 0 Å². The summed E-state index contributed by atoms with van der Waals surface area (Å²) in [5, 5.41) is 3.97. The number of hydrogen-bond donors (Lipinski definition) is 1. The van der Waals surface area contributed by atoms with E-state index in [0.717, 1.165) is 17.3 Å². The Morgan fingerprint density at radius 2 is 2.05 bits per heavy atom. The second kappa shape index (κ2) is 6.02. The SMILES string of the molecule is CC(Cl)CC(C)NC(=O)c1cccc2cccnc12. The van der Waals surface area contributed by atoms with Gasteiger partial charge in [0.05, 0.1) is 11.1 Å². The maximum absolute atomic E-state index is 12.3. The third kappa shape index (κ3) is 3.44. The predicted octanol–water partition coefficient (Wildman–Crippen LogP) is 3.37. The van der Waals surface area contributed by atoms with Crippen LogP contribution in [0.15, 0.2) is 36.5 Å². The van der Waals surface area contributed by atoms with E-state index < -0.39 is 0 Å². The van der Waals surface area contributed by atoms with Crippen molar-refractivity contribution in [1.82, 2.24) is 10.3 Å². The van der Waals surface area contributed by atoms with Gasteiger partial charge in [-0.25, -0.2) is 0 Å². The van der Waals surface area contributed by atoms with Crippen LogP contribution in [0.4, 0.5) is 0 Å². The second-order valence-electron chi connectivity index (χ2n) is 4.77. The first kappa shape index (κ1) is 13.8. The summed E-state index contributed by atoms with van der Waals surface area (Å²) in [6, 6.07) is 9.46. The van der Waals surface area contributed by atoms with E-state index in [1.807, 2.05) is 38.1 Å². The number of para-hydroxylation sites is 1. The van der Waals surface area contributed by atoms with Crippen LogP contribution in [0.2, 0.25) is 0 Å². The lowest BCUT2D eigenvalue weighted by Gasteiger charge is -2.15. The number of halogens is 1. The molecular weight excluding hydrogens is 260 g/mol. The van der Waals surface area contributed by atoms with Crippen molar-refractivity contribution in [2.75, 3.05) is 0 Å². The minimum Gasteiger partial charge on any atom is -0.349 e. The molecule has 2 unspecified atom stereocenters. The van der Waals surface area contributed by atoms with Crippen molar-refractivity contribution in [2.45, 2.75) is 31.7 Å². The van der Waals surface area contributed by atoms with Crippen LogP contribution in [-0.4, -0.2) is 22.3 Å². The van der Waals surface area contributed by atoms with Gasteiger partial charge in [-0.3, -0.25) is 9.78 Å². The molecule has 0 aliphatic carbocycles. The van der Waals surface area contributed by atoms with Crippen molar-refractivity contribution in [3.8, 4) is 0 Å². The standard InChI is InChI=1S/C15H17ClN2O/c1-10(16)9-11(2)18-15(19)13-7-3-5-12-6-4-8-17-14(12)13/h3-8,10-11H,9H2,1-2H3,(H,18,19). The molecule has 1 aromatic carbocycles. The Labute approximate surface area is 118 Å². The number of nitrogens with one attached hydrogen (secondary N) is 1. The summed E-state index contributed by atoms with van der Waals surface area (Å²) < 4.78 is 0. The van der Waals surface area contributed by atoms with Gasteiger partial charge in [-0.1, -0.05) is 18.2 Å². The van der Waals surface area contributed by atoms with E-state index in [1.54, 1.807) is 12.3 Å². The van der Waals surface area contributed by atoms with Gasteiger partial charge in [-0.05, 0) is 32.4 Å². The first-order valence-corrected chi connectivity index (χ1v) is 6.80. The predicted molar refractivity (Wildman–Crippen MR) is 78.6 cm³/mol. The van der Waals surface area contributed by atoms with Crippen LogP contribution in [-0.2, 0) is 0 Å². The Morgan fingerprint density at radius 3 is 2.79 bits per heavy atom. The first-order chi connectivity index (χ1) is 9.08. The van der Waals surface area contributed by atoms with Gasteiger partial charge in [0.25, 0.3) is 5.91 Å². The van der Waals surface area contributed by atoms with Crippen molar-refractivity contribution < 1.29 is 4.79 Å². The highest BCUT2D eigenvalue weighted by Gasteiger charge is 2.14. The molecule has 0 aliphatic heterocycles. The number of aromatic nitrogens is 1. The van der Waals surface area contributed by atoms with Crippen LogP contribution in [0.1, 0.15) is 30.6 Å². The number of amides is 1. The van der Waals surface area contributed by atoms with E-state index in [0.29, 0.717) is 5.56 Å². The van der Waals surface area contributed by atoms with Crippen LogP contribution in [0.5, 0.6) is 0 Å². The third-order valence-electron chi connectivity index (χ3n) is 2.93. The van der Waals surface area contributed by atoms with E-state index in [2.05, 4.69) is 10.3 Å². The average molecular weight is 277 g/mol. The highest BCUT2D eigenvalue weighted by Crippen LogP contribution is 2.16. The van der Waals surface area contributed by atoms with Crippen molar-refractivity contribution in [3.63, 3.8) is 0 Å². The van der Waals surface area contributed by atoms with Gasteiger partial charge in [-0.15, -0.1) is 11.6 Å². The molecule has 100 valence electrons. The van der Waals surface area contributed by atoms with Gasteiger partial charge in [0.1, 0.15) is 0 Å². The quantitative estimate of drug-likeness (QED) is 0.870. The molecule has 0 aliphatic rings. The fourth-order valence-electron chi connectivity index (χ4n) is 2.14. The summed E-state index contributed by atoms with van der Waals surface area (Å²) in [5.74, 6) is -0.103. The van der Waals surface area contributed by atoms with Gasteiger partial charge < -0.3 is 5.32 Å². The summed E-state index contributed by atoms with van der Waals surface area (Å²) >= 11 is 5.93. The number of fused-ring (bicyclic) bond motifs is 1. The molecule has 0 spiro atoms. The number of carbonyl (C=O) groups is 1. The molecule has 0 radical (unpaired) electrons. The fraction of sp³-hybridized carbons (Fsp3) is 0.333. The molecule has 2 atom stereocenters. The van der Waals surface area contributed by atoms with Crippen molar-refractivity contribution in [2.24, 2.45) is 0 Å². The van der Waals surface area contributed by atoms with E-state index >= 15 is 0 Å². The fourth-order valence-corrected chi connectivity index (χ4v) is 2.40. The minimum atomic E-state index is -0.103. The van der Waals surface area contributed by atoms with Gasteiger partial charge in [0.15, 0.2) is 0 Å². The lowest BCUT2D eigenvalue weighted by Crippen LogP contribution is -2.34. The number of carbonyl (C=O) groups excluding carboxylic acids is 1. The number of rotatable bonds is 4. The molecule has 0 saturated carbocycles. The van der Waals surface area contributed by atoms with Gasteiger partial charge in [0.2, 0.25) is 0 Å². The number of alkyl halides is 1. The minimum absolute atomic E-state index is 0.0407. The topological polar surface area (TPSA) is 42.0 Å². The molecule has 1 N–H and O–H groups in total. The van der Waals surface area contributed by atoms with Crippen LogP contribution >= 0.6 is 11.6 Å². The van der Waals surface area contributed by atoms with Crippen LogP contribution < -0.4 is 5.32 Å². The van der Waals surface area contributed by atoms with Crippen molar-refractivity contribution in [3.05, 3.63) is 42.1 Å². The maximum Gasteiger partial charge on any atom is 0.253 e. The summed E-state index contributed by atoms with van der Waals surface area (Å²) in [6.07, 6.45) is 2.44.